The van der Waals surface area contributed by atoms with Gasteiger partial charge in [-0.3, -0.25) is 0 Å². The Bertz CT molecular complexity index is 370. The lowest BCUT2D eigenvalue weighted by molar-refractivity contribution is 0.762. The summed E-state index contributed by atoms with van der Waals surface area (Å²) in [5, 5.41) is 4.29. The Balaban J connectivity index is 2.08. The SMILES string of the molecule is CSC1CCCC1Nc1ncc(C)cc1Br. The van der Waals surface area contributed by atoms with Gasteiger partial charge in [-0.2, -0.15) is 11.8 Å². The summed E-state index contributed by atoms with van der Waals surface area (Å²) in [5.41, 5.74) is 1.19. The summed E-state index contributed by atoms with van der Waals surface area (Å²) in [5.74, 6) is 0.983. The highest BCUT2D eigenvalue weighted by molar-refractivity contribution is 9.10. The van der Waals surface area contributed by atoms with Crippen molar-refractivity contribution in [1.29, 1.82) is 0 Å². The first-order valence-electron chi connectivity index (χ1n) is 5.62. The van der Waals surface area contributed by atoms with Crippen LogP contribution in [0.4, 0.5) is 5.82 Å². The van der Waals surface area contributed by atoms with Crippen molar-refractivity contribution in [1.82, 2.24) is 4.98 Å². The molecule has 1 saturated carbocycles. The summed E-state index contributed by atoms with van der Waals surface area (Å²) in [6.07, 6.45) is 8.01. The Morgan fingerprint density at radius 1 is 1.50 bits per heavy atom. The van der Waals surface area contributed by atoms with Crippen molar-refractivity contribution in [2.24, 2.45) is 0 Å². The summed E-state index contributed by atoms with van der Waals surface area (Å²) < 4.78 is 1.07. The van der Waals surface area contributed by atoms with Gasteiger partial charge in [0.15, 0.2) is 0 Å². The molecule has 0 radical (unpaired) electrons. The molecule has 1 fully saturated rings. The number of pyridine rings is 1. The molecule has 16 heavy (non-hydrogen) atoms. The zero-order chi connectivity index (χ0) is 11.5. The van der Waals surface area contributed by atoms with E-state index in [1.807, 2.05) is 18.0 Å². The number of thioether (sulfide) groups is 1. The van der Waals surface area contributed by atoms with Gasteiger partial charge >= 0.3 is 0 Å². The van der Waals surface area contributed by atoms with Crippen molar-refractivity contribution in [2.45, 2.75) is 37.5 Å². The second-order valence-corrected chi connectivity index (χ2v) is 6.23. The van der Waals surface area contributed by atoms with Crippen LogP contribution < -0.4 is 5.32 Å². The standard InChI is InChI=1S/C12H17BrN2S/c1-8-6-9(13)12(14-7-8)15-10-4-3-5-11(10)16-2/h6-7,10-11H,3-5H2,1-2H3,(H,14,15). The van der Waals surface area contributed by atoms with Crippen molar-refractivity contribution in [3.8, 4) is 0 Å². The van der Waals surface area contributed by atoms with Crippen molar-refractivity contribution >= 4 is 33.5 Å². The highest BCUT2D eigenvalue weighted by atomic mass is 79.9. The molecule has 2 atom stereocenters. The van der Waals surface area contributed by atoms with Crippen molar-refractivity contribution < 1.29 is 0 Å². The van der Waals surface area contributed by atoms with Crippen LogP contribution in [0.1, 0.15) is 24.8 Å². The molecule has 0 aliphatic heterocycles. The van der Waals surface area contributed by atoms with E-state index in [0.29, 0.717) is 6.04 Å². The molecule has 2 nitrogen and oxygen atoms in total. The van der Waals surface area contributed by atoms with Crippen molar-refractivity contribution in [3.63, 3.8) is 0 Å². The van der Waals surface area contributed by atoms with Gasteiger partial charge in [0.2, 0.25) is 0 Å². The largest absolute Gasteiger partial charge is 0.365 e. The molecular formula is C12H17BrN2S. The summed E-state index contributed by atoms with van der Waals surface area (Å²) in [6.45, 7) is 2.06. The fraction of sp³-hybridized carbons (Fsp3) is 0.583. The Labute approximate surface area is 110 Å². The van der Waals surface area contributed by atoms with Crippen molar-refractivity contribution in [3.05, 3.63) is 22.3 Å². The quantitative estimate of drug-likeness (QED) is 0.918. The molecule has 1 N–H and O–H groups in total. The molecule has 1 aliphatic carbocycles. The van der Waals surface area contributed by atoms with Gasteiger partial charge in [0, 0.05) is 17.5 Å². The summed E-state index contributed by atoms with van der Waals surface area (Å²) in [7, 11) is 0. The lowest BCUT2D eigenvalue weighted by atomic mass is 10.2. The van der Waals surface area contributed by atoms with Gasteiger partial charge in [0.05, 0.1) is 4.47 Å². The third-order valence-corrected chi connectivity index (χ3v) is 4.83. The van der Waals surface area contributed by atoms with E-state index in [2.05, 4.69) is 45.5 Å². The average Bonchev–Trinajstić information content (AvgIpc) is 2.69. The normalized spacial score (nSPS) is 24.7. The molecule has 0 aromatic carbocycles. The highest BCUT2D eigenvalue weighted by Gasteiger charge is 2.26. The third-order valence-electron chi connectivity index (χ3n) is 3.06. The molecule has 1 heterocycles. The molecule has 88 valence electrons. The maximum Gasteiger partial charge on any atom is 0.140 e. The number of hydrogen-bond acceptors (Lipinski definition) is 3. The number of anilines is 1. The Morgan fingerprint density at radius 2 is 2.31 bits per heavy atom. The van der Waals surface area contributed by atoms with Crippen LogP contribution in [-0.2, 0) is 0 Å². The first kappa shape index (κ1) is 12.2. The topological polar surface area (TPSA) is 24.9 Å². The lowest BCUT2D eigenvalue weighted by Gasteiger charge is -2.20. The second kappa shape index (κ2) is 5.41. The Kier molecular flexibility index (Phi) is 4.14. The fourth-order valence-electron chi connectivity index (χ4n) is 2.19. The first-order chi connectivity index (χ1) is 7.70. The maximum absolute atomic E-state index is 4.44. The molecule has 4 heteroatoms. The van der Waals surface area contributed by atoms with Crippen LogP contribution in [0.15, 0.2) is 16.7 Å². The monoisotopic (exact) mass is 300 g/mol. The van der Waals surface area contributed by atoms with Crippen LogP contribution in [0.5, 0.6) is 0 Å². The van der Waals surface area contributed by atoms with E-state index in [0.717, 1.165) is 15.5 Å². The smallest absolute Gasteiger partial charge is 0.140 e. The second-order valence-electron chi connectivity index (χ2n) is 4.30. The minimum absolute atomic E-state index is 0.571. The van der Waals surface area contributed by atoms with Crippen molar-refractivity contribution in [2.75, 3.05) is 11.6 Å². The predicted molar refractivity (Wildman–Crippen MR) is 75.2 cm³/mol. The molecule has 1 aromatic rings. The van der Waals surface area contributed by atoms with E-state index in [4.69, 9.17) is 0 Å². The van der Waals surface area contributed by atoms with Gasteiger partial charge in [0.1, 0.15) is 5.82 Å². The molecule has 0 amide bonds. The van der Waals surface area contributed by atoms with Gasteiger partial charge in [-0.1, -0.05) is 6.42 Å². The number of hydrogen-bond donors (Lipinski definition) is 1. The predicted octanol–water partition coefficient (Wildman–Crippen LogP) is 3.85. The molecule has 0 bridgehead atoms. The van der Waals surface area contributed by atoms with Crippen LogP contribution in [0.25, 0.3) is 0 Å². The summed E-state index contributed by atoms with van der Waals surface area (Å²) >= 11 is 5.53. The third kappa shape index (κ3) is 2.72. The minimum atomic E-state index is 0.571. The van der Waals surface area contributed by atoms with E-state index in [9.17, 15) is 0 Å². The van der Waals surface area contributed by atoms with E-state index >= 15 is 0 Å². The number of aromatic nitrogens is 1. The molecular weight excluding hydrogens is 284 g/mol. The van der Waals surface area contributed by atoms with Gasteiger partial charge in [0.25, 0.3) is 0 Å². The number of nitrogens with one attached hydrogen (secondary N) is 1. The van der Waals surface area contributed by atoms with Crippen LogP contribution in [0, 0.1) is 6.92 Å². The Morgan fingerprint density at radius 3 is 3.00 bits per heavy atom. The number of halogens is 1. The fourth-order valence-corrected chi connectivity index (χ4v) is 3.70. The average molecular weight is 301 g/mol. The van der Waals surface area contributed by atoms with Crippen LogP contribution in [0.3, 0.4) is 0 Å². The van der Waals surface area contributed by atoms with E-state index in [1.165, 1.54) is 24.8 Å². The van der Waals surface area contributed by atoms with E-state index in [1.54, 1.807) is 0 Å². The number of rotatable bonds is 3. The van der Waals surface area contributed by atoms with Crippen LogP contribution in [0.2, 0.25) is 0 Å². The first-order valence-corrected chi connectivity index (χ1v) is 7.70. The zero-order valence-electron chi connectivity index (χ0n) is 9.66. The van der Waals surface area contributed by atoms with Gasteiger partial charge < -0.3 is 5.32 Å². The van der Waals surface area contributed by atoms with Crippen LogP contribution >= 0.6 is 27.7 Å². The Hall–Kier alpha value is -0.220. The summed E-state index contributed by atoms with van der Waals surface area (Å²) in [4.78, 5) is 4.44. The maximum atomic E-state index is 4.44. The number of nitrogens with zero attached hydrogens (tertiary/aromatic N) is 1. The molecule has 0 saturated heterocycles. The highest BCUT2D eigenvalue weighted by Crippen LogP contribution is 2.32. The zero-order valence-corrected chi connectivity index (χ0v) is 12.1. The molecule has 0 spiro atoms. The molecule has 2 rings (SSSR count). The van der Waals surface area contributed by atoms with E-state index in [-0.39, 0.29) is 0 Å². The lowest BCUT2D eigenvalue weighted by Crippen LogP contribution is -2.26. The molecule has 2 unspecified atom stereocenters. The van der Waals surface area contributed by atoms with Gasteiger partial charge in [-0.25, -0.2) is 4.98 Å². The van der Waals surface area contributed by atoms with Crippen LogP contribution in [-0.4, -0.2) is 22.5 Å². The summed E-state index contributed by atoms with van der Waals surface area (Å²) in [6, 6.07) is 2.68. The minimum Gasteiger partial charge on any atom is -0.365 e. The van der Waals surface area contributed by atoms with Gasteiger partial charge in [-0.15, -0.1) is 0 Å². The van der Waals surface area contributed by atoms with Gasteiger partial charge in [-0.05, 0) is 53.6 Å². The molecule has 1 aliphatic rings. The number of aryl methyl sites for hydroxylation is 1. The van der Waals surface area contributed by atoms with E-state index < -0.39 is 0 Å². The molecule has 1 aromatic heterocycles.